The Morgan fingerprint density at radius 1 is 1.42 bits per heavy atom. The molecular formula is C14H18N2O3. The van der Waals surface area contributed by atoms with Crippen molar-refractivity contribution < 1.29 is 9.21 Å². The summed E-state index contributed by atoms with van der Waals surface area (Å²) in [4.78, 5) is 23.4. The van der Waals surface area contributed by atoms with E-state index in [2.05, 4.69) is 0 Å². The fraction of sp³-hybridized carbons (Fsp3) is 0.429. The molecule has 0 atom stereocenters. The van der Waals surface area contributed by atoms with Gasteiger partial charge in [0.25, 0.3) is 0 Å². The Labute approximate surface area is 111 Å². The number of Topliss-reactive ketones (excluding diaryl/α,β-unsaturated/α-hetero) is 1. The van der Waals surface area contributed by atoms with E-state index in [1.54, 1.807) is 25.2 Å². The largest absolute Gasteiger partial charge is 0.419 e. The summed E-state index contributed by atoms with van der Waals surface area (Å²) in [5.41, 5.74) is 7.16. The first-order valence-electron chi connectivity index (χ1n) is 6.19. The zero-order valence-electron chi connectivity index (χ0n) is 11.4. The number of fused-ring (bicyclic) bond motifs is 1. The van der Waals surface area contributed by atoms with Gasteiger partial charge in [-0.1, -0.05) is 0 Å². The van der Waals surface area contributed by atoms with Gasteiger partial charge in [-0.2, -0.15) is 0 Å². The van der Waals surface area contributed by atoms with Gasteiger partial charge >= 0.3 is 5.76 Å². The van der Waals surface area contributed by atoms with Crippen molar-refractivity contribution in [3.05, 3.63) is 34.3 Å². The van der Waals surface area contributed by atoms with E-state index in [1.165, 1.54) is 4.57 Å². The van der Waals surface area contributed by atoms with Crippen molar-refractivity contribution in [1.82, 2.24) is 4.57 Å². The lowest BCUT2D eigenvalue weighted by molar-refractivity contribution is 0.0972. The molecule has 1 aromatic heterocycles. The Hall–Kier alpha value is -1.88. The van der Waals surface area contributed by atoms with Crippen molar-refractivity contribution >= 4 is 16.9 Å². The summed E-state index contributed by atoms with van der Waals surface area (Å²) in [7, 11) is 1.63. The van der Waals surface area contributed by atoms with E-state index in [1.807, 2.05) is 13.8 Å². The molecule has 2 N–H and O–H groups in total. The number of nitrogens with zero attached hydrogens (tertiary/aromatic N) is 1. The first-order chi connectivity index (χ1) is 8.78. The van der Waals surface area contributed by atoms with Crippen molar-refractivity contribution in [2.75, 3.05) is 0 Å². The molecule has 0 bridgehead atoms. The summed E-state index contributed by atoms with van der Waals surface area (Å²) < 4.78 is 6.47. The van der Waals surface area contributed by atoms with Crippen LogP contribution in [-0.4, -0.2) is 15.9 Å². The van der Waals surface area contributed by atoms with Gasteiger partial charge in [0.2, 0.25) is 0 Å². The van der Waals surface area contributed by atoms with Crippen LogP contribution in [0, 0.1) is 0 Å². The lowest BCUT2D eigenvalue weighted by Crippen LogP contribution is -2.32. The molecule has 0 aliphatic heterocycles. The molecular weight excluding hydrogens is 244 g/mol. The van der Waals surface area contributed by atoms with Crippen molar-refractivity contribution in [3.63, 3.8) is 0 Å². The molecule has 5 nitrogen and oxygen atoms in total. The molecule has 1 heterocycles. The van der Waals surface area contributed by atoms with E-state index < -0.39 is 5.76 Å². The number of hydrogen-bond donors (Lipinski definition) is 1. The number of ketones is 1. The van der Waals surface area contributed by atoms with Crippen LogP contribution in [0.5, 0.6) is 0 Å². The van der Waals surface area contributed by atoms with Crippen molar-refractivity contribution in [1.29, 1.82) is 0 Å². The molecule has 2 rings (SSSR count). The standard InChI is InChI=1S/C14H18N2O3/c1-14(2,15)7-6-11(17)9-4-5-10-12(8-9)19-13(18)16(10)3/h4-5,8H,6-7,15H2,1-3H3. The quantitative estimate of drug-likeness (QED) is 0.853. The van der Waals surface area contributed by atoms with Crippen LogP contribution in [0.25, 0.3) is 11.1 Å². The molecule has 0 radical (unpaired) electrons. The molecule has 0 saturated carbocycles. The molecule has 5 heteroatoms. The third-order valence-corrected chi connectivity index (χ3v) is 3.11. The highest BCUT2D eigenvalue weighted by Gasteiger charge is 2.15. The van der Waals surface area contributed by atoms with Crippen LogP contribution >= 0.6 is 0 Å². The third-order valence-electron chi connectivity index (χ3n) is 3.11. The highest BCUT2D eigenvalue weighted by molar-refractivity contribution is 5.98. The first-order valence-corrected chi connectivity index (χ1v) is 6.19. The average Bonchev–Trinajstić information content (AvgIpc) is 2.61. The predicted molar refractivity (Wildman–Crippen MR) is 73.3 cm³/mol. The normalized spacial score (nSPS) is 12.0. The van der Waals surface area contributed by atoms with E-state index in [-0.39, 0.29) is 11.3 Å². The summed E-state index contributed by atoms with van der Waals surface area (Å²) in [6, 6.07) is 5.05. The van der Waals surface area contributed by atoms with Crippen molar-refractivity contribution in [2.45, 2.75) is 32.2 Å². The Morgan fingerprint density at radius 3 is 2.74 bits per heavy atom. The second kappa shape index (κ2) is 4.66. The lowest BCUT2D eigenvalue weighted by Gasteiger charge is -2.17. The number of hydrogen-bond acceptors (Lipinski definition) is 4. The van der Waals surface area contributed by atoms with Gasteiger partial charge in [-0.15, -0.1) is 0 Å². The van der Waals surface area contributed by atoms with Gasteiger partial charge in [0.05, 0.1) is 5.52 Å². The number of carbonyl (C=O) groups is 1. The van der Waals surface area contributed by atoms with Crippen LogP contribution in [0.15, 0.2) is 27.4 Å². The van der Waals surface area contributed by atoms with Gasteiger partial charge < -0.3 is 10.2 Å². The summed E-state index contributed by atoms with van der Waals surface area (Å²) in [5.74, 6) is -0.422. The number of aryl methyl sites for hydroxylation is 1. The van der Waals surface area contributed by atoms with Crippen molar-refractivity contribution in [3.8, 4) is 0 Å². The lowest BCUT2D eigenvalue weighted by atomic mass is 9.96. The molecule has 0 unspecified atom stereocenters. The summed E-state index contributed by atoms with van der Waals surface area (Å²) in [6.07, 6.45) is 0.995. The molecule has 0 fully saturated rings. The third kappa shape index (κ3) is 2.93. The van der Waals surface area contributed by atoms with Crippen LogP contribution in [0.4, 0.5) is 0 Å². The van der Waals surface area contributed by atoms with Gasteiger partial charge in [0.1, 0.15) is 0 Å². The van der Waals surface area contributed by atoms with Crippen LogP contribution in [0.3, 0.4) is 0 Å². The Balaban J connectivity index is 2.26. The molecule has 0 aliphatic carbocycles. The van der Waals surface area contributed by atoms with E-state index >= 15 is 0 Å². The molecule has 19 heavy (non-hydrogen) atoms. The molecule has 2 aromatic rings. The number of rotatable bonds is 4. The summed E-state index contributed by atoms with van der Waals surface area (Å²) >= 11 is 0. The fourth-order valence-electron chi connectivity index (χ4n) is 1.89. The fourth-order valence-corrected chi connectivity index (χ4v) is 1.89. The topological polar surface area (TPSA) is 78.2 Å². The molecule has 0 saturated heterocycles. The molecule has 0 aliphatic rings. The van der Waals surface area contributed by atoms with Crippen molar-refractivity contribution in [2.24, 2.45) is 12.8 Å². The average molecular weight is 262 g/mol. The second-order valence-corrected chi connectivity index (χ2v) is 5.52. The molecule has 102 valence electrons. The summed E-state index contributed by atoms with van der Waals surface area (Å²) in [6.45, 7) is 3.78. The van der Waals surface area contributed by atoms with Crippen LogP contribution in [0.1, 0.15) is 37.0 Å². The SMILES string of the molecule is Cn1c(=O)oc2cc(C(=O)CCC(C)(C)N)ccc21. The maximum Gasteiger partial charge on any atom is 0.419 e. The predicted octanol–water partition coefficient (Wildman–Crippen LogP) is 1.83. The van der Waals surface area contributed by atoms with E-state index in [0.717, 1.165) is 0 Å². The number of carbonyl (C=O) groups excluding carboxylic acids is 1. The van der Waals surface area contributed by atoms with Crippen LogP contribution in [0.2, 0.25) is 0 Å². The van der Waals surface area contributed by atoms with Gasteiger partial charge in [-0.25, -0.2) is 4.79 Å². The second-order valence-electron chi connectivity index (χ2n) is 5.52. The molecule has 0 spiro atoms. The van der Waals surface area contributed by atoms with Gasteiger partial charge in [0, 0.05) is 24.6 Å². The number of oxazole rings is 1. The van der Waals surface area contributed by atoms with E-state index in [4.69, 9.17) is 10.2 Å². The van der Waals surface area contributed by atoms with Crippen LogP contribution < -0.4 is 11.5 Å². The smallest absolute Gasteiger partial charge is 0.408 e. The highest BCUT2D eigenvalue weighted by atomic mass is 16.4. The van der Waals surface area contributed by atoms with E-state index in [9.17, 15) is 9.59 Å². The van der Waals surface area contributed by atoms with Gasteiger partial charge in [0.15, 0.2) is 11.4 Å². The monoisotopic (exact) mass is 262 g/mol. The summed E-state index contributed by atoms with van der Waals surface area (Å²) in [5, 5.41) is 0. The number of nitrogens with two attached hydrogens (primary N) is 1. The Bertz CT molecular complexity index is 674. The zero-order valence-corrected chi connectivity index (χ0v) is 11.4. The number of aromatic nitrogens is 1. The molecule has 0 amide bonds. The van der Waals surface area contributed by atoms with E-state index in [0.29, 0.717) is 29.5 Å². The maximum absolute atomic E-state index is 12.0. The minimum atomic E-state index is -0.428. The molecule has 1 aromatic carbocycles. The van der Waals surface area contributed by atoms with Gasteiger partial charge in [-0.05, 0) is 38.5 Å². The van der Waals surface area contributed by atoms with Crippen LogP contribution in [-0.2, 0) is 7.05 Å². The van der Waals surface area contributed by atoms with Gasteiger partial charge in [-0.3, -0.25) is 9.36 Å². The zero-order chi connectivity index (χ0) is 14.2. The minimum absolute atomic E-state index is 0.00641. The first kappa shape index (κ1) is 13.5. The number of benzene rings is 1. The minimum Gasteiger partial charge on any atom is -0.408 e. The Morgan fingerprint density at radius 2 is 2.11 bits per heavy atom. The maximum atomic E-state index is 12.0. The Kier molecular flexibility index (Phi) is 3.32. The highest BCUT2D eigenvalue weighted by Crippen LogP contribution is 2.17.